The highest BCUT2D eigenvalue weighted by molar-refractivity contribution is 5.61. The predicted molar refractivity (Wildman–Crippen MR) is 68.1 cm³/mol. The first-order chi connectivity index (χ1) is 8.63. The Balaban J connectivity index is 2.28. The van der Waals surface area contributed by atoms with Crippen molar-refractivity contribution in [3.8, 4) is 0 Å². The average Bonchev–Trinajstić information content (AvgIpc) is 3.15. The first-order valence-electron chi connectivity index (χ1n) is 6.06. The molecule has 0 heterocycles. The van der Waals surface area contributed by atoms with Crippen LogP contribution in [0.25, 0.3) is 0 Å². The Morgan fingerprint density at radius 2 is 2.17 bits per heavy atom. The Bertz CT molecular complexity index is 408. The van der Waals surface area contributed by atoms with Crippen LogP contribution in [0.3, 0.4) is 0 Å². The van der Waals surface area contributed by atoms with E-state index in [1.165, 1.54) is 6.07 Å². The molecule has 0 aromatic heterocycles. The van der Waals surface area contributed by atoms with Crippen molar-refractivity contribution in [1.29, 1.82) is 0 Å². The van der Waals surface area contributed by atoms with E-state index < -0.39 is 6.43 Å². The van der Waals surface area contributed by atoms with Gasteiger partial charge in [0.05, 0.1) is 6.61 Å². The van der Waals surface area contributed by atoms with Crippen LogP contribution < -0.4 is 10.6 Å². The van der Waals surface area contributed by atoms with Gasteiger partial charge in [-0.05, 0) is 31.0 Å². The summed E-state index contributed by atoms with van der Waals surface area (Å²) in [5.41, 5.74) is 6.55. The van der Waals surface area contributed by atoms with E-state index in [0.29, 0.717) is 30.6 Å². The number of alkyl halides is 2. The number of nitrogens with zero attached hydrogens (tertiary/aromatic N) is 1. The molecule has 5 heteroatoms. The first kappa shape index (κ1) is 13.1. The van der Waals surface area contributed by atoms with E-state index in [1.807, 2.05) is 4.90 Å². The summed E-state index contributed by atoms with van der Waals surface area (Å²) in [6.45, 7) is 1.16. The van der Waals surface area contributed by atoms with E-state index in [2.05, 4.69) is 0 Å². The van der Waals surface area contributed by atoms with Crippen molar-refractivity contribution >= 4 is 11.4 Å². The SMILES string of the molecule is COCCN(c1ccc(N)cc1C(F)F)C1CC1. The highest BCUT2D eigenvalue weighted by Gasteiger charge is 2.31. The molecule has 1 aromatic carbocycles. The van der Waals surface area contributed by atoms with Crippen LogP contribution >= 0.6 is 0 Å². The maximum absolute atomic E-state index is 13.1. The second-order valence-corrected chi connectivity index (χ2v) is 4.54. The fraction of sp³-hybridized carbons (Fsp3) is 0.538. The molecule has 0 saturated heterocycles. The standard InChI is InChI=1S/C13H18F2N2O/c1-18-7-6-17(10-3-4-10)12-5-2-9(16)8-11(12)13(14)15/h2,5,8,10,13H,3-4,6-7,16H2,1H3. The molecule has 0 spiro atoms. The number of nitrogens with two attached hydrogens (primary N) is 1. The van der Waals surface area contributed by atoms with E-state index in [0.717, 1.165) is 12.8 Å². The van der Waals surface area contributed by atoms with Crippen molar-refractivity contribution < 1.29 is 13.5 Å². The molecule has 2 N–H and O–H groups in total. The molecule has 100 valence electrons. The molecule has 0 amide bonds. The summed E-state index contributed by atoms with van der Waals surface area (Å²) in [7, 11) is 1.61. The van der Waals surface area contributed by atoms with Crippen LogP contribution in [0.4, 0.5) is 20.2 Å². The predicted octanol–water partition coefficient (Wildman–Crippen LogP) is 2.82. The zero-order valence-corrected chi connectivity index (χ0v) is 10.4. The average molecular weight is 256 g/mol. The van der Waals surface area contributed by atoms with Gasteiger partial charge in [0.2, 0.25) is 0 Å². The summed E-state index contributed by atoms with van der Waals surface area (Å²) in [5, 5.41) is 0. The monoisotopic (exact) mass is 256 g/mol. The number of methoxy groups -OCH3 is 1. The van der Waals surface area contributed by atoms with Gasteiger partial charge in [0.25, 0.3) is 6.43 Å². The van der Waals surface area contributed by atoms with Gasteiger partial charge in [-0.15, -0.1) is 0 Å². The fourth-order valence-corrected chi connectivity index (χ4v) is 2.08. The summed E-state index contributed by atoms with van der Waals surface area (Å²) in [6.07, 6.45) is -0.402. The number of hydrogen-bond donors (Lipinski definition) is 1. The largest absolute Gasteiger partial charge is 0.399 e. The second kappa shape index (κ2) is 5.52. The Hall–Kier alpha value is -1.36. The van der Waals surface area contributed by atoms with Gasteiger partial charge in [0.15, 0.2) is 0 Å². The van der Waals surface area contributed by atoms with Crippen LogP contribution in [0.1, 0.15) is 24.8 Å². The molecule has 0 atom stereocenters. The van der Waals surface area contributed by atoms with E-state index >= 15 is 0 Å². The molecule has 1 aliphatic rings. The third-order valence-corrected chi connectivity index (χ3v) is 3.12. The molecule has 18 heavy (non-hydrogen) atoms. The van der Waals surface area contributed by atoms with Gasteiger partial charge in [-0.1, -0.05) is 0 Å². The number of nitrogen functional groups attached to an aromatic ring is 1. The number of benzene rings is 1. The van der Waals surface area contributed by atoms with Crippen molar-refractivity contribution in [1.82, 2.24) is 0 Å². The maximum Gasteiger partial charge on any atom is 0.265 e. The summed E-state index contributed by atoms with van der Waals surface area (Å²) < 4.78 is 31.2. The molecule has 0 radical (unpaired) electrons. The van der Waals surface area contributed by atoms with Crippen LogP contribution in [-0.4, -0.2) is 26.3 Å². The summed E-state index contributed by atoms with van der Waals surface area (Å²) in [5.74, 6) is 0. The van der Waals surface area contributed by atoms with Crippen molar-refractivity contribution in [2.75, 3.05) is 30.9 Å². The van der Waals surface area contributed by atoms with Crippen LogP contribution in [0.2, 0.25) is 0 Å². The number of hydrogen-bond acceptors (Lipinski definition) is 3. The summed E-state index contributed by atoms with van der Waals surface area (Å²) in [4.78, 5) is 2.00. The van der Waals surface area contributed by atoms with Crippen LogP contribution in [-0.2, 0) is 4.74 Å². The first-order valence-corrected chi connectivity index (χ1v) is 6.06. The third-order valence-electron chi connectivity index (χ3n) is 3.12. The minimum atomic E-state index is -2.51. The molecule has 0 aliphatic heterocycles. The normalized spacial score (nSPS) is 15.1. The van der Waals surface area contributed by atoms with E-state index in [4.69, 9.17) is 10.5 Å². The van der Waals surface area contributed by atoms with Crippen molar-refractivity contribution in [3.63, 3.8) is 0 Å². The second-order valence-electron chi connectivity index (χ2n) is 4.54. The highest BCUT2D eigenvalue weighted by Crippen LogP contribution is 2.37. The lowest BCUT2D eigenvalue weighted by molar-refractivity contribution is 0.151. The molecule has 2 rings (SSSR count). The summed E-state index contributed by atoms with van der Waals surface area (Å²) in [6, 6.07) is 5.08. The van der Waals surface area contributed by atoms with Gasteiger partial charge in [0.1, 0.15) is 0 Å². The Morgan fingerprint density at radius 3 is 2.72 bits per heavy atom. The topological polar surface area (TPSA) is 38.5 Å². The maximum atomic E-state index is 13.1. The zero-order chi connectivity index (χ0) is 13.1. The molecule has 3 nitrogen and oxygen atoms in total. The Kier molecular flexibility index (Phi) is 4.01. The van der Waals surface area contributed by atoms with Crippen molar-refractivity contribution in [2.24, 2.45) is 0 Å². The molecular weight excluding hydrogens is 238 g/mol. The van der Waals surface area contributed by atoms with Crippen LogP contribution in [0, 0.1) is 0 Å². The minimum absolute atomic E-state index is 0.0120. The van der Waals surface area contributed by atoms with Gasteiger partial charge < -0.3 is 15.4 Å². The van der Waals surface area contributed by atoms with Crippen molar-refractivity contribution in [2.45, 2.75) is 25.3 Å². The highest BCUT2D eigenvalue weighted by atomic mass is 19.3. The van der Waals surface area contributed by atoms with E-state index in [9.17, 15) is 8.78 Å². The number of halogens is 2. The number of rotatable bonds is 6. The molecule has 1 saturated carbocycles. The smallest absolute Gasteiger partial charge is 0.265 e. The zero-order valence-electron chi connectivity index (χ0n) is 10.4. The minimum Gasteiger partial charge on any atom is -0.399 e. The molecule has 1 aromatic rings. The summed E-state index contributed by atoms with van der Waals surface area (Å²) >= 11 is 0. The van der Waals surface area contributed by atoms with Crippen molar-refractivity contribution in [3.05, 3.63) is 23.8 Å². The van der Waals surface area contributed by atoms with Crippen LogP contribution in [0.5, 0.6) is 0 Å². The van der Waals surface area contributed by atoms with E-state index in [-0.39, 0.29) is 5.56 Å². The molecule has 1 aliphatic carbocycles. The molecular formula is C13H18F2N2O. The lowest BCUT2D eigenvalue weighted by atomic mass is 10.1. The quantitative estimate of drug-likeness (QED) is 0.795. The molecule has 1 fully saturated rings. The Labute approximate surface area is 106 Å². The van der Waals surface area contributed by atoms with Gasteiger partial charge in [-0.25, -0.2) is 8.78 Å². The lowest BCUT2D eigenvalue weighted by Crippen LogP contribution is -2.30. The van der Waals surface area contributed by atoms with Crippen LogP contribution in [0.15, 0.2) is 18.2 Å². The third kappa shape index (κ3) is 2.90. The molecule has 0 bridgehead atoms. The Morgan fingerprint density at radius 1 is 1.44 bits per heavy atom. The fourth-order valence-electron chi connectivity index (χ4n) is 2.08. The lowest BCUT2D eigenvalue weighted by Gasteiger charge is -2.27. The van der Waals surface area contributed by atoms with E-state index in [1.54, 1.807) is 19.2 Å². The molecule has 0 unspecified atom stereocenters. The van der Waals surface area contributed by atoms with Gasteiger partial charge in [-0.3, -0.25) is 0 Å². The number of anilines is 2. The van der Waals surface area contributed by atoms with Gasteiger partial charge >= 0.3 is 0 Å². The van der Waals surface area contributed by atoms with Gasteiger partial charge in [0, 0.05) is 36.6 Å². The van der Waals surface area contributed by atoms with Gasteiger partial charge in [-0.2, -0.15) is 0 Å². The number of ether oxygens (including phenoxy) is 1.